The number of nitrogens with zero attached hydrogens (tertiary/aromatic N) is 2. The number of nitrogens with one attached hydrogen (secondary N) is 1. The Balaban J connectivity index is 1.75. The molecule has 0 saturated carbocycles. The van der Waals surface area contributed by atoms with Crippen LogP contribution < -0.4 is 10.1 Å². The van der Waals surface area contributed by atoms with Crippen molar-refractivity contribution in [2.24, 2.45) is 0 Å². The molecule has 1 atom stereocenters. The van der Waals surface area contributed by atoms with Gasteiger partial charge in [0.15, 0.2) is 0 Å². The average Bonchev–Trinajstić information content (AvgIpc) is 2.94. The SMILES string of the molecule is CC(O)c1nc2ccccc2n1CC(=O)Nc1ccc(OC(F)(F)F)cc1. The first kappa shape index (κ1) is 18.7. The number of anilines is 1. The first-order valence-electron chi connectivity index (χ1n) is 8.02. The molecule has 1 unspecified atom stereocenters. The number of aliphatic hydroxyl groups is 1. The van der Waals surface area contributed by atoms with Gasteiger partial charge < -0.3 is 19.7 Å². The second kappa shape index (κ2) is 7.28. The van der Waals surface area contributed by atoms with Crippen molar-refractivity contribution < 1.29 is 27.8 Å². The van der Waals surface area contributed by atoms with E-state index >= 15 is 0 Å². The van der Waals surface area contributed by atoms with E-state index in [4.69, 9.17) is 0 Å². The summed E-state index contributed by atoms with van der Waals surface area (Å²) in [5.74, 6) is -0.442. The van der Waals surface area contributed by atoms with Crippen molar-refractivity contribution in [1.82, 2.24) is 9.55 Å². The average molecular weight is 379 g/mol. The minimum Gasteiger partial charge on any atom is -0.406 e. The van der Waals surface area contributed by atoms with Gasteiger partial charge in [-0.15, -0.1) is 13.2 Å². The second-order valence-electron chi connectivity index (χ2n) is 5.84. The van der Waals surface area contributed by atoms with Gasteiger partial charge in [0.25, 0.3) is 0 Å². The van der Waals surface area contributed by atoms with Gasteiger partial charge >= 0.3 is 6.36 Å². The van der Waals surface area contributed by atoms with E-state index in [9.17, 15) is 23.1 Å². The molecule has 2 aromatic carbocycles. The second-order valence-corrected chi connectivity index (χ2v) is 5.84. The quantitative estimate of drug-likeness (QED) is 0.710. The van der Waals surface area contributed by atoms with Crippen LogP contribution in [0.1, 0.15) is 18.9 Å². The smallest absolute Gasteiger partial charge is 0.406 e. The van der Waals surface area contributed by atoms with Gasteiger partial charge in [-0.05, 0) is 43.3 Å². The largest absolute Gasteiger partial charge is 0.573 e. The first-order valence-corrected chi connectivity index (χ1v) is 8.02. The molecule has 1 aromatic heterocycles. The molecule has 1 amide bonds. The Morgan fingerprint density at radius 3 is 2.52 bits per heavy atom. The first-order chi connectivity index (χ1) is 12.7. The van der Waals surface area contributed by atoms with Crippen molar-refractivity contribution in [2.45, 2.75) is 25.9 Å². The molecule has 0 saturated heterocycles. The summed E-state index contributed by atoms with van der Waals surface area (Å²) in [5.41, 5.74) is 1.66. The number of aromatic nitrogens is 2. The minimum atomic E-state index is -4.77. The van der Waals surface area contributed by atoms with Crippen LogP contribution >= 0.6 is 0 Å². The van der Waals surface area contributed by atoms with Crippen molar-refractivity contribution in [1.29, 1.82) is 0 Å². The topological polar surface area (TPSA) is 76.4 Å². The molecule has 3 aromatic rings. The number of amides is 1. The number of alkyl halides is 3. The summed E-state index contributed by atoms with van der Waals surface area (Å²) in [4.78, 5) is 16.7. The van der Waals surface area contributed by atoms with Crippen molar-refractivity contribution in [3.8, 4) is 5.75 Å². The van der Waals surface area contributed by atoms with Crippen LogP contribution in [0.2, 0.25) is 0 Å². The molecular formula is C18H16F3N3O3. The highest BCUT2D eigenvalue weighted by atomic mass is 19.4. The molecule has 0 spiro atoms. The van der Waals surface area contributed by atoms with E-state index in [0.717, 1.165) is 12.1 Å². The lowest BCUT2D eigenvalue weighted by molar-refractivity contribution is -0.274. The van der Waals surface area contributed by atoms with Gasteiger partial charge in [-0.25, -0.2) is 4.98 Å². The minimum absolute atomic E-state index is 0.110. The maximum atomic E-state index is 12.4. The van der Waals surface area contributed by atoms with Crippen molar-refractivity contribution >= 4 is 22.6 Å². The van der Waals surface area contributed by atoms with Crippen LogP contribution in [0.25, 0.3) is 11.0 Å². The van der Waals surface area contributed by atoms with Gasteiger partial charge in [0.05, 0.1) is 11.0 Å². The predicted molar refractivity (Wildman–Crippen MR) is 92.1 cm³/mol. The Morgan fingerprint density at radius 2 is 1.89 bits per heavy atom. The molecule has 6 nitrogen and oxygen atoms in total. The van der Waals surface area contributed by atoms with Crippen LogP contribution in [-0.2, 0) is 11.3 Å². The van der Waals surface area contributed by atoms with Gasteiger partial charge in [0.1, 0.15) is 24.2 Å². The maximum absolute atomic E-state index is 12.4. The molecule has 0 aliphatic heterocycles. The number of fused-ring (bicyclic) bond motifs is 1. The molecule has 0 fully saturated rings. The van der Waals surface area contributed by atoms with Crippen molar-refractivity contribution in [3.05, 3.63) is 54.4 Å². The molecule has 0 aliphatic rings. The zero-order chi connectivity index (χ0) is 19.6. The molecule has 0 bridgehead atoms. The summed E-state index contributed by atoms with van der Waals surface area (Å²) in [5, 5.41) is 12.5. The summed E-state index contributed by atoms with van der Waals surface area (Å²) >= 11 is 0. The zero-order valence-corrected chi connectivity index (χ0v) is 14.2. The molecule has 142 valence electrons. The standard InChI is InChI=1S/C18H16F3N3O3/c1-11(25)17-23-14-4-2-3-5-15(14)24(17)10-16(26)22-12-6-8-13(9-7-12)27-18(19,20)21/h2-9,11,25H,10H2,1H3,(H,22,26). The number of aliphatic hydroxyl groups excluding tert-OH is 1. The lowest BCUT2D eigenvalue weighted by Crippen LogP contribution is -2.21. The number of para-hydroxylation sites is 2. The number of hydrogen-bond donors (Lipinski definition) is 2. The zero-order valence-electron chi connectivity index (χ0n) is 14.2. The molecule has 1 heterocycles. The van der Waals surface area contributed by atoms with Crippen molar-refractivity contribution in [2.75, 3.05) is 5.32 Å². The highest BCUT2D eigenvalue weighted by Gasteiger charge is 2.31. The fourth-order valence-electron chi connectivity index (χ4n) is 2.66. The molecule has 9 heteroatoms. The van der Waals surface area contributed by atoms with Gasteiger partial charge in [-0.1, -0.05) is 12.1 Å². The fourth-order valence-corrected chi connectivity index (χ4v) is 2.66. The monoisotopic (exact) mass is 379 g/mol. The summed E-state index contributed by atoms with van der Waals surface area (Å²) < 4.78 is 41.9. The van der Waals surface area contributed by atoms with E-state index in [1.807, 2.05) is 0 Å². The Bertz CT molecular complexity index is 950. The van der Waals surface area contributed by atoms with Crippen LogP contribution in [0.15, 0.2) is 48.5 Å². The van der Waals surface area contributed by atoms with E-state index in [2.05, 4.69) is 15.0 Å². The highest BCUT2D eigenvalue weighted by molar-refractivity contribution is 5.91. The number of carbonyl (C=O) groups excluding carboxylic acids is 1. The molecule has 0 radical (unpaired) electrons. The van der Waals surface area contributed by atoms with Crippen LogP contribution in [-0.4, -0.2) is 26.9 Å². The van der Waals surface area contributed by atoms with Gasteiger partial charge in [-0.2, -0.15) is 0 Å². The van der Waals surface area contributed by atoms with Crippen LogP contribution in [0.5, 0.6) is 5.75 Å². The summed E-state index contributed by atoms with van der Waals surface area (Å²) in [6, 6.07) is 12.0. The third kappa shape index (κ3) is 4.56. The number of imidazole rings is 1. The van der Waals surface area contributed by atoms with Crippen molar-refractivity contribution in [3.63, 3.8) is 0 Å². The lowest BCUT2D eigenvalue weighted by atomic mass is 10.3. The molecule has 3 rings (SSSR count). The number of benzene rings is 2. The Kier molecular flexibility index (Phi) is 5.04. The van der Waals surface area contributed by atoms with Crippen LogP contribution in [0.4, 0.5) is 18.9 Å². The lowest BCUT2D eigenvalue weighted by Gasteiger charge is -2.12. The Hall–Kier alpha value is -3.07. The van der Waals surface area contributed by atoms with Crippen LogP contribution in [0.3, 0.4) is 0 Å². The number of hydrogen-bond acceptors (Lipinski definition) is 4. The Labute approximate surface area is 152 Å². The van der Waals surface area contributed by atoms with E-state index < -0.39 is 18.4 Å². The van der Waals surface area contributed by atoms with E-state index in [-0.39, 0.29) is 12.3 Å². The van der Waals surface area contributed by atoms with E-state index in [0.29, 0.717) is 22.5 Å². The highest BCUT2D eigenvalue weighted by Crippen LogP contribution is 2.24. The van der Waals surface area contributed by atoms with Gasteiger partial charge in [0.2, 0.25) is 5.91 Å². The normalized spacial score (nSPS) is 12.8. The molecule has 0 aliphatic carbocycles. The third-order valence-electron chi connectivity index (χ3n) is 3.73. The van der Waals surface area contributed by atoms with Crippen LogP contribution in [0, 0.1) is 0 Å². The van der Waals surface area contributed by atoms with E-state index in [1.165, 1.54) is 12.1 Å². The van der Waals surface area contributed by atoms with E-state index in [1.54, 1.807) is 35.8 Å². The third-order valence-corrected chi connectivity index (χ3v) is 3.73. The van der Waals surface area contributed by atoms with Gasteiger partial charge in [-0.3, -0.25) is 4.79 Å². The maximum Gasteiger partial charge on any atom is 0.573 e. The fraction of sp³-hybridized carbons (Fsp3) is 0.222. The number of halogens is 3. The predicted octanol–water partition coefficient (Wildman–Crippen LogP) is 3.63. The summed E-state index contributed by atoms with van der Waals surface area (Å²) in [6.45, 7) is 1.44. The Morgan fingerprint density at radius 1 is 1.22 bits per heavy atom. The molecule has 2 N–H and O–H groups in total. The number of rotatable bonds is 5. The summed E-state index contributed by atoms with van der Waals surface area (Å²) in [6.07, 6.45) is -5.64. The molecular weight excluding hydrogens is 363 g/mol. The van der Waals surface area contributed by atoms with Gasteiger partial charge in [0, 0.05) is 5.69 Å². The number of carbonyl (C=O) groups is 1. The number of ether oxygens (including phenoxy) is 1. The molecule has 27 heavy (non-hydrogen) atoms. The summed E-state index contributed by atoms with van der Waals surface area (Å²) in [7, 11) is 0.